The SMILES string of the molecule is CN(C)C(=O)CCc1cnc([C@@H]2CCCN2S(C)(=O)=O)cn1. The van der Waals surface area contributed by atoms with E-state index < -0.39 is 10.0 Å². The summed E-state index contributed by atoms with van der Waals surface area (Å²) in [5.41, 5.74) is 1.41. The van der Waals surface area contributed by atoms with E-state index in [4.69, 9.17) is 0 Å². The molecule has 22 heavy (non-hydrogen) atoms. The third kappa shape index (κ3) is 4.01. The molecule has 0 aliphatic carbocycles. The number of hydrogen-bond donors (Lipinski definition) is 0. The maximum atomic E-state index is 11.8. The van der Waals surface area contributed by atoms with Crippen molar-refractivity contribution in [2.75, 3.05) is 26.9 Å². The Balaban J connectivity index is 2.04. The molecule has 1 atom stereocenters. The molecule has 1 aromatic rings. The fourth-order valence-electron chi connectivity index (χ4n) is 2.56. The topological polar surface area (TPSA) is 83.5 Å². The van der Waals surface area contributed by atoms with Gasteiger partial charge in [0, 0.05) is 33.3 Å². The lowest BCUT2D eigenvalue weighted by Gasteiger charge is -2.21. The van der Waals surface area contributed by atoms with Gasteiger partial charge >= 0.3 is 0 Å². The van der Waals surface area contributed by atoms with Crippen LogP contribution in [-0.4, -0.2) is 60.4 Å². The van der Waals surface area contributed by atoms with Crippen molar-refractivity contribution in [3.63, 3.8) is 0 Å². The molecular formula is C14H22N4O3S. The van der Waals surface area contributed by atoms with Crippen molar-refractivity contribution in [1.29, 1.82) is 0 Å². The normalized spacial score (nSPS) is 19.3. The standard InChI is InChI=1S/C14H22N4O3S/c1-17(2)14(19)7-6-11-9-16-12(10-15-11)13-5-4-8-18(13)22(3,20)21/h9-10,13H,4-8H2,1-3H3/t13-/m0/s1. The summed E-state index contributed by atoms with van der Waals surface area (Å²) in [4.78, 5) is 21.8. The quantitative estimate of drug-likeness (QED) is 0.791. The van der Waals surface area contributed by atoms with E-state index in [1.165, 1.54) is 10.6 Å². The van der Waals surface area contributed by atoms with E-state index in [2.05, 4.69) is 9.97 Å². The van der Waals surface area contributed by atoms with E-state index in [1.807, 2.05) is 0 Å². The van der Waals surface area contributed by atoms with Gasteiger partial charge in [0.2, 0.25) is 15.9 Å². The van der Waals surface area contributed by atoms with Gasteiger partial charge in [0.25, 0.3) is 0 Å². The molecule has 8 heteroatoms. The number of hydrogen-bond acceptors (Lipinski definition) is 5. The third-order valence-electron chi connectivity index (χ3n) is 3.79. The third-order valence-corrected chi connectivity index (χ3v) is 5.08. The summed E-state index contributed by atoms with van der Waals surface area (Å²) in [5.74, 6) is 0.0462. The molecular weight excluding hydrogens is 304 g/mol. The molecule has 0 saturated carbocycles. The van der Waals surface area contributed by atoms with Crippen LogP contribution in [0.4, 0.5) is 0 Å². The summed E-state index contributed by atoms with van der Waals surface area (Å²) < 4.78 is 25.0. The molecule has 1 aliphatic heterocycles. The van der Waals surface area contributed by atoms with Crippen LogP contribution in [0.3, 0.4) is 0 Å². The van der Waals surface area contributed by atoms with Crippen molar-refractivity contribution < 1.29 is 13.2 Å². The van der Waals surface area contributed by atoms with Crippen LogP contribution in [0, 0.1) is 0 Å². The van der Waals surface area contributed by atoms with Gasteiger partial charge in [0.05, 0.1) is 29.9 Å². The molecule has 1 fully saturated rings. The first-order chi connectivity index (χ1) is 10.3. The second-order valence-corrected chi connectivity index (χ2v) is 7.69. The van der Waals surface area contributed by atoms with E-state index in [9.17, 15) is 13.2 Å². The van der Waals surface area contributed by atoms with Crippen LogP contribution in [0.5, 0.6) is 0 Å². The number of carbonyl (C=O) groups excluding carboxylic acids is 1. The van der Waals surface area contributed by atoms with Crippen molar-refractivity contribution in [2.45, 2.75) is 31.7 Å². The maximum absolute atomic E-state index is 11.8. The van der Waals surface area contributed by atoms with Crippen molar-refractivity contribution in [3.05, 3.63) is 23.8 Å². The minimum Gasteiger partial charge on any atom is -0.349 e. The second kappa shape index (κ2) is 6.70. The minimum absolute atomic E-state index is 0.0462. The van der Waals surface area contributed by atoms with Gasteiger partial charge < -0.3 is 4.90 Å². The fraction of sp³-hybridized carbons (Fsp3) is 0.643. The fourth-order valence-corrected chi connectivity index (χ4v) is 3.69. The van der Waals surface area contributed by atoms with Crippen LogP contribution in [-0.2, 0) is 21.2 Å². The van der Waals surface area contributed by atoms with Crippen LogP contribution >= 0.6 is 0 Å². The van der Waals surface area contributed by atoms with Gasteiger partial charge in [-0.15, -0.1) is 0 Å². The molecule has 7 nitrogen and oxygen atoms in total. The zero-order chi connectivity index (χ0) is 16.3. The Kier molecular flexibility index (Phi) is 5.12. The van der Waals surface area contributed by atoms with Gasteiger partial charge in [0.1, 0.15) is 0 Å². The van der Waals surface area contributed by atoms with Crippen molar-refractivity contribution in [1.82, 2.24) is 19.2 Å². The number of nitrogens with zero attached hydrogens (tertiary/aromatic N) is 4. The van der Waals surface area contributed by atoms with Crippen LogP contribution in [0.15, 0.2) is 12.4 Å². The Hall–Kier alpha value is -1.54. The zero-order valence-electron chi connectivity index (χ0n) is 13.2. The van der Waals surface area contributed by atoms with Crippen LogP contribution in [0.1, 0.15) is 36.7 Å². The number of aromatic nitrogens is 2. The van der Waals surface area contributed by atoms with Crippen LogP contribution in [0.25, 0.3) is 0 Å². The Morgan fingerprint density at radius 1 is 1.36 bits per heavy atom. The molecule has 2 rings (SSSR count). The summed E-state index contributed by atoms with van der Waals surface area (Å²) in [6, 6.07) is -0.222. The summed E-state index contributed by atoms with van der Waals surface area (Å²) in [6.07, 6.45) is 7.00. The summed E-state index contributed by atoms with van der Waals surface area (Å²) >= 11 is 0. The summed E-state index contributed by atoms with van der Waals surface area (Å²) in [5, 5.41) is 0. The van der Waals surface area contributed by atoms with Crippen LogP contribution < -0.4 is 0 Å². The molecule has 1 amide bonds. The smallest absolute Gasteiger partial charge is 0.222 e. The monoisotopic (exact) mass is 326 g/mol. The van der Waals surface area contributed by atoms with Crippen molar-refractivity contribution in [2.24, 2.45) is 0 Å². The lowest BCUT2D eigenvalue weighted by Crippen LogP contribution is -2.30. The number of rotatable bonds is 5. The molecule has 122 valence electrons. The lowest BCUT2D eigenvalue weighted by molar-refractivity contribution is -0.128. The van der Waals surface area contributed by atoms with Gasteiger partial charge in [0.15, 0.2) is 0 Å². The van der Waals surface area contributed by atoms with Gasteiger partial charge in [-0.1, -0.05) is 0 Å². The highest BCUT2D eigenvalue weighted by Crippen LogP contribution is 2.32. The maximum Gasteiger partial charge on any atom is 0.222 e. The number of amides is 1. The van der Waals surface area contributed by atoms with E-state index >= 15 is 0 Å². The summed E-state index contributed by atoms with van der Waals surface area (Å²) in [7, 11) is 0.213. The Morgan fingerprint density at radius 2 is 2.09 bits per heavy atom. The zero-order valence-corrected chi connectivity index (χ0v) is 14.0. The Bertz CT molecular complexity index is 628. The van der Waals surface area contributed by atoms with Gasteiger partial charge in [-0.05, 0) is 19.3 Å². The van der Waals surface area contributed by atoms with Crippen LogP contribution in [0.2, 0.25) is 0 Å². The highest BCUT2D eigenvalue weighted by atomic mass is 32.2. The first-order valence-corrected chi connectivity index (χ1v) is 9.11. The summed E-state index contributed by atoms with van der Waals surface area (Å²) in [6.45, 7) is 0.532. The van der Waals surface area contributed by atoms with E-state index in [0.717, 1.165) is 18.5 Å². The van der Waals surface area contributed by atoms with Gasteiger partial charge in [-0.2, -0.15) is 4.31 Å². The molecule has 2 heterocycles. The first-order valence-electron chi connectivity index (χ1n) is 7.27. The predicted octanol–water partition coefficient (Wildman–Crippen LogP) is 0.594. The highest BCUT2D eigenvalue weighted by molar-refractivity contribution is 7.88. The van der Waals surface area contributed by atoms with E-state index in [-0.39, 0.29) is 11.9 Å². The molecule has 1 aromatic heterocycles. The number of sulfonamides is 1. The second-order valence-electron chi connectivity index (χ2n) is 5.75. The van der Waals surface area contributed by atoms with Gasteiger partial charge in [-0.3, -0.25) is 14.8 Å². The minimum atomic E-state index is -3.23. The predicted molar refractivity (Wildman–Crippen MR) is 82.6 cm³/mol. The number of carbonyl (C=O) groups is 1. The largest absolute Gasteiger partial charge is 0.349 e. The Morgan fingerprint density at radius 3 is 2.64 bits per heavy atom. The molecule has 1 saturated heterocycles. The van der Waals surface area contributed by atoms with Crippen molar-refractivity contribution >= 4 is 15.9 Å². The van der Waals surface area contributed by atoms with E-state index in [1.54, 1.807) is 31.4 Å². The first kappa shape index (κ1) is 16.8. The lowest BCUT2D eigenvalue weighted by atomic mass is 10.1. The molecule has 0 radical (unpaired) electrons. The van der Waals surface area contributed by atoms with Gasteiger partial charge in [-0.25, -0.2) is 8.42 Å². The van der Waals surface area contributed by atoms with E-state index in [0.29, 0.717) is 25.1 Å². The molecule has 1 aliphatic rings. The Labute approximate surface area is 131 Å². The highest BCUT2D eigenvalue weighted by Gasteiger charge is 2.33. The molecule has 0 unspecified atom stereocenters. The molecule has 0 spiro atoms. The molecule has 0 bridgehead atoms. The van der Waals surface area contributed by atoms with Crippen molar-refractivity contribution in [3.8, 4) is 0 Å². The average molecular weight is 326 g/mol. The molecule has 0 N–H and O–H groups in total. The molecule has 0 aromatic carbocycles. The number of aryl methyl sites for hydroxylation is 1. The average Bonchev–Trinajstić information content (AvgIpc) is 2.94.